The Balaban J connectivity index is 1.28. The first-order valence-electron chi connectivity index (χ1n) is 12.6. The number of hydrogen-bond donors (Lipinski definition) is 1. The van der Waals surface area contributed by atoms with Crippen molar-refractivity contribution in [3.8, 4) is 0 Å². The third kappa shape index (κ3) is 2.85. The summed E-state index contributed by atoms with van der Waals surface area (Å²) in [7, 11) is 1.77. The number of imidazole rings is 1. The Morgan fingerprint density at radius 2 is 2.08 bits per heavy atom. The third-order valence-corrected chi connectivity index (χ3v) is 8.77. The fourth-order valence-corrected chi connectivity index (χ4v) is 7.37. The summed E-state index contributed by atoms with van der Waals surface area (Å²) in [6, 6.07) is 1.98. The second kappa shape index (κ2) is 7.37. The summed E-state index contributed by atoms with van der Waals surface area (Å²) in [4.78, 5) is 39.9. The van der Waals surface area contributed by atoms with Crippen LogP contribution in [0.1, 0.15) is 44.2 Å². The van der Waals surface area contributed by atoms with Gasteiger partial charge in [-0.15, -0.1) is 0 Å². The minimum Gasteiger partial charge on any atom is -0.466 e. The summed E-state index contributed by atoms with van der Waals surface area (Å²) in [5, 5.41) is 7.51. The van der Waals surface area contributed by atoms with E-state index in [1.165, 1.54) is 6.33 Å². The molecular formula is C25H28N8O3. The molecule has 4 bridgehead atoms. The summed E-state index contributed by atoms with van der Waals surface area (Å²) >= 11 is 0. The van der Waals surface area contributed by atoms with E-state index in [-0.39, 0.29) is 35.0 Å². The molecular weight excluding hydrogens is 460 g/mol. The van der Waals surface area contributed by atoms with Crippen LogP contribution in [0.25, 0.3) is 16.8 Å². The highest BCUT2D eigenvalue weighted by Gasteiger charge is 2.64. The Hall–Kier alpha value is -3.76. The largest absolute Gasteiger partial charge is 0.466 e. The van der Waals surface area contributed by atoms with Crippen LogP contribution in [0.5, 0.6) is 0 Å². The summed E-state index contributed by atoms with van der Waals surface area (Å²) in [5.74, 6) is 1.34. The van der Waals surface area contributed by atoms with E-state index in [0.717, 1.165) is 42.6 Å². The van der Waals surface area contributed by atoms with E-state index in [2.05, 4.69) is 20.4 Å². The summed E-state index contributed by atoms with van der Waals surface area (Å²) in [5.41, 5.74) is 3.43. The van der Waals surface area contributed by atoms with Crippen LogP contribution >= 0.6 is 0 Å². The zero-order chi connectivity index (χ0) is 24.8. The van der Waals surface area contributed by atoms with E-state index in [1.807, 2.05) is 30.7 Å². The van der Waals surface area contributed by atoms with Crippen molar-refractivity contribution >= 4 is 34.4 Å². The van der Waals surface area contributed by atoms with E-state index in [0.29, 0.717) is 29.6 Å². The van der Waals surface area contributed by atoms with Crippen molar-refractivity contribution in [1.29, 1.82) is 0 Å². The number of rotatable bonds is 5. The molecule has 4 aliphatic carbocycles. The first-order valence-corrected chi connectivity index (χ1v) is 12.6. The lowest BCUT2D eigenvalue weighted by Crippen LogP contribution is -2.42. The molecule has 4 aromatic heterocycles. The molecule has 4 heterocycles. The number of nitrogens with zero attached hydrogens (tertiary/aromatic N) is 7. The van der Waals surface area contributed by atoms with E-state index in [4.69, 9.17) is 9.72 Å². The van der Waals surface area contributed by atoms with Crippen LogP contribution in [0.15, 0.2) is 29.6 Å². The van der Waals surface area contributed by atoms with Crippen LogP contribution in [-0.2, 0) is 16.6 Å². The first kappa shape index (κ1) is 21.5. The van der Waals surface area contributed by atoms with Crippen molar-refractivity contribution < 1.29 is 9.53 Å². The maximum atomic E-state index is 13.5. The van der Waals surface area contributed by atoms with Crippen molar-refractivity contribution in [3.05, 3.63) is 40.8 Å². The standard InChI is InChI=1S/C25H28N8O3/c1-4-36-22(34)25-7-14-6-15(8-25)20(16(14)9-25)33-21-18(31(3)24(33)35)10-26-23(30-21)29-17-11-32-19(5-13(17)2)27-12-28-32/h5,10-12,14-16,20H,4,6-9H2,1-3H3,(H,26,29,30). The van der Waals surface area contributed by atoms with Crippen LogP contribution < -0.4 is 11.0 Å². The highest BCUT2D eigenvalue weighted by atomic mass is 16.5. The average Bonchev–Trinajstić information content (AvgIpc) is 3.55. The Kier molecular flexibility index (Phi) is 4.41. The molecule has 4 aliphatic rings. The maximum Gasteiger partial charge on any atom is 0.330 e. The van der Waals surface area contributed by atoms with Crippen molar-refractivity contribution in [2.24, 2.45) is 30.2 Å². The maximum absolute atomic E-state index is 13.5. The zero-order valence-corrected chi connectivity index (χ0v) is 20.5. The molecule has 0 aromatic carbocycles. The minimum atomic E-state index is -0.377. The number of pyridine rings is 1. The second-order valence-electron chi connectivity index (χ2n) is 10.7. The van der Waals surface area contributed by atoms with Crippen LogP contribution in [-0.4, -0.2) is 46.3 Å². The molecule has 11 heteroatoms. The van der Waals surface area contributed by atoms with Gasteiger partial charge in [-0.1, -0.05) is 0 Å². The molecule has 0 spiro atoms. The zero-order valence-electron chi connectivity index (χ0n) is 20.5. The van der Waals surface area contributed by atoms with Crippen LogP contribution in [0.3, 0.4) is 0 Å². The Bertz CT molecular complexity index is 1600. The molecule has 8 rings (SSSR count). The van der Waals surface area contributed by atoms with Gasteiger partial charge in [-0.25, -0.2) is 19.3 Å². The number of hydrogen-bond acceptors (Lipinski definition) is 8. The van der Waals surface area contributed by atoms with Gasteiger partial charge < -0.3 is 10.1 Å². The fourth-order valence-electron chi connectivity index (χ4n) is 7.37. The summed E-state index contributed by atoms with van der Waals surface area (Å²) in [6.45, 7) is 4.25. The van der Waals surface area contributed by atoms with Gasteiger partial charge in [0, 0.05) is 13.1 Å². The molecule has 4 aromatic rings. The SMILES string of the molecule is CCOC(=O)C12CC3CC(C1)C(n1c(=O)n(C)c4cnc(Nc5cn6ncnc6cc5C)nc41)C3C2. The summed E-state index contributed by atoms with van der Waals surface area (Å²) < 4.78 is 10.7. The average molecular weight is 489 g/mol. The van der Waals surface area contributed by atoms with Gasteiger partial charge in [0.2, 0.25) is 5.95 Å². The lowest BCUT2D eigenvalue weighted by atomic mass is 9.68. The molecule has 0 amide bonds. The third-order valence-electron chi connectivity index (χ3n) is 8.77. The quantitative estimate of drug-likeness (QED) is 0.426. The fraction of sp³-hybridized carbons (Fsp3) is 0.520. The first-order chi connectivity index (χ1) is 17.4. The second-order valence-corrected chi connectivity index (χ2v) is 10.7. The van der Waals surface area contributed by atoms with Crippen molar-refractivity contribution in [2.75, 3.05) is 11.9 Å². The highest BCUT2D eigenvalue weighted by molar-refractivity contribution is 5.78. The lowest BCUT2D eigenvalue weighted by molar-refractivity contribution is -0.159. The number of nitrogens with one attached hydrogen (secondary N) is 1. The predicted octanol–water partition coefficient (Wildman–Crippen LogP) is 2.77. The molecule has 5 atom stereocenters. The Labute approximate surface area is 206 Å². The smallest absolute Gasteiger partial charge is 0.330 e. The number of ether oxygens (including phenoxy) is 1. The van der Waals surface area contributed by atoms with E-state index >= 15 is 0 Å². The van der Waals surface area contributed by atoms with Gasteiger partial charge in [0.25, 0.3) is 0 Å². The molecule has 4 saturated carbocycles. The van der Waals surface area contributed by atoms with Crippen LogP contribution in [0, 0.1) is 30.1 Å². The normalized spacial score (nSPS) is 28.4. The van der Waals surface area contributed by atoms with Gasteiger partial charge in [-0.3, -0.25) is 13.9 Å². The number of fused-ring (bicyclic) bond motifs is 2. The van der Waals surface area contributed by atoms with Crippen LogP contribution in [0.2, 0.25) is 0 Å². The molecule has 0 saturated heterocycles. The number of aromatic nitrogens is 7. The number of carbonyl (C=O) groups is 1. The molecule has 186 valence electrons. The Morgan fingerprint density at radius 3 is 2.89 bits per heavy atom. The molecule has 5 unspecified atom stereocenters. The number of esters is 1. The van der Waals surface area contributed by atoms with Gasteiger partial charge in [0.1, 0.15) is 11.8 Å². The topological polar surface area (TPSA) is 121 Å². The van der Waals surface area contributed by atoms with Crippen LogP contribution in [0.4, 0.5) is 11.6 Å². The van der Waals surface area contributed by atoms with Gasteiger partial charge in [0.15, 0.2) is 11.3 Å². The predicted molar refractivity (Wildman–Crippen MR) is 131 cm³/mol. The van der Waals surface area contributed by atoms with Gasteiger partial charge in [0.05, 0.1) is 30.1 Å². The van der Waals surface area contributed by atoms with Crippen molar-refractivity contribution in [3.63, 3.8) is 0 Å². The highest BCUT2D eigenvalue weighted by Crippen LogP contribution is 2.68. The van der Waals surface area contributed by atoms with E-state index in [9.17, 15) is 9.59 Å². The lowest BCUT2D eigenvalue weighted by Gasteiger charge is -2.39. The molecule has 0 aliphatic heterocycles. The molecule has 36 heavy (non-hydrogen) atoms. The molecule has 0 radical (unpaired) electrons. The number of anilines is 2. The molecule has 1 N–H and O–H groups in total. The van der Waals surface area contributed by atoms with E-state index < -0.39 is 0 Å². The van der Waals surface area contributed by atoms with Gasteiger partial charge in [-0.05, 0) is 68.9 Å². The number of carbonyl (C=O) groups excluding carboxylic acids is 1. The monoisotopic (exact) mass is 488 g/mol. The van der Waals surface area contributed by atoms with Crippen molar-refractivity contribution in [1.82, 2.24) is 33.7 Å². The van der Waals surface area contributed by atoms with Gasteiger partial charge in [-0.2, -0.15) is 10.1 Å². The van der Waals surface area contributed by atoms with E-state index in [1.54, 1.807) is 22.3 Å². The molecule has 11 nitrogen and oxygen atoms in total. The summed E-state index contributed by atoms with van der Waals surface area (Å²) in [6.07, 6.45) is 8.55. The molecule has 4 fully saturated rings. The van der Waals surface area contributed by atoms with Crippen molar-refractivity contribution in [2.45, 2.75) is 45.6 Å². The minimum absolute atomic E-state index is 0.0345. The number of aryl methyl sites for hydroxylation is 2. The Morgan fingerprint density at radius 1 is 1.25 bits per heavy atom. The van der Waals surface area contributed by atoms with Gasteiger partial charge >= 0.3 is 11.7 Å².